The van der Waals surface area contributed by atoms with E-state index in [1.54, 1.807) is 24.3 Å². The minimum Gasteiger partial charge on any atom is -0.465 e. The van der Waals surface area contributed by atoms with Crippen LogP contribution >= 0.6 is 12.4 Å². The number of hydrogen-bond donors (Lipinski definition) is 2. The average molecular weight is 325 g/mol. The first-order valence-electron chi connectivity index (χ1n) is 7.35. The molecule has 2 fully saturated rings. The van der Waals surface area contributed by atoms with Gasteiger partial charge in [0.1, 0.15) is 0 Å². The monoisotopic (exact) mass is 324 g/mol. The van der Waals surface area contributed by atoms with Crippen molar-refractivity contribution in [1.29, 1.82) is 0 Å². The number of methoxy groups -OCH3 is 1. The topological polar surface area (TPSA) is 67.4 Å². The number of hydrogen-bond acceptors (Lipinski definition) is 4. The van der Waals surface area contributed by atoms with E-state index in [2.05, 4.69) is 15.4 Å². The van der Waals surface area contributed by atoms with Gasteiger partial charge in [0.2, 0.25) is 5.91 Å². The highest BCUT2D eigenvalue weighted by Gasteiger charge is 2.57. The molecule has 2 N–H and O–H groups in total. The van der Waals surface area contributed by atoms with Gasteiger partial charge in [0, 0.05) is 11.6 Å². The van der Waals surface area contributed by atoms with Crippen molar-refractivity contribution < 1.29 is 14.3 Å². The third kappa shape index (κ3) is 3.25. The zero-order chi connectivity index (χ0) is 14.9. The van der Waals surface area contributed by atoms with E-state index in [1.807, 2.05) is 0 Å². The molecule has 120 valence electrons. The molecule has 22 heavy (non-hydrogen) atoms. The minimum absolute atomic E-state index is 0. The highest BCUT2D eigenvalue weighted by Crippen LogP contribution is 2.58. The van der Waals surface area contributed by atoms with Crippen LogP contribution in [0.1, 0.15) is 29.6 Å². The SMILES string of the molecule is COC(=O)c1cccc(NC(=O)C2CC23CCNCC3)c1.Cl. The van der Waals surface area contributed by atoms with Crippen LogP contribution in [0.25, 0.3) is 0 Å². The number of rotatable bonds is 3. The van der Waals surface area contributed by atoms with Gasteiger partial charge in [-0.1, -0.05) is 6.07 Å². The molecule has 1 heterocycles. The van der Waals surface area contributed by atoms with Crippen molar-refractivity contribution in [1.82, 2.24) is 5.32 Å². The number of benzene rings is 1. The van der Waals surface area contributed by atoms with E-state index in [0.717, 1.165) is 32.4 Å². The van der Waals surface area contributed by atoms with Crippen molar-refractivity contribution in [3.63, 3.8) is 0 Å². The lowest BCUT2D eigenvalue weighted by molar-refractivity contribution is -0.118. The summed E-state index contributed by atoms with van der Waals surface area (Å²) in [6.45, 7) is 2.00. The Bertz CT molecular complexity index is 570. The molecule has 1 aromatic rings. The normalized spacial score (nSPS) is 21.6. The molecule has 0 radical (unpaired) electrons. The van der Waals surface area contributed by atoms with Crippen molar-refractivity contribution in [3.05, 3.63) is 29.8 Å². The van der Waals surface area contributed by atoms with E-state index in [-0.39, 0.29) is 29.6 Å². The first kappa shape index (κ1) is 16.8. The van der Waals surface area contributed by atoms with E-state index in [1.165, 1.54) is 7.11 Å². The maximum atomic E-state index is 12.4. The molecule has 1 amide bonds. The Morgan fingerprint density at radius 1 is 1.32 bits per heavy atom. The van der Waals surface area contributed by atoms with Gasteiger partial charge in [-0.25, -0.2) is 4.79 Å². The van der Waals surface area contributed by atoms with Crippen molar-refractivity contribution >= 4 is 30.0 Å². The summed E-state index contributed by atoms with van der Waals surface area (Å²) in [5, 5.41) is 6.26. The van der Waals surface area contributed by atoms with E-state index in [0.29, 0.717) is 11.3 Å². The van der Waals surface area contributed by atoms with E-state index >= 15 is 0 Å². The summed E-state index contributed by atoms with van der Waals surface area (Å²) in [7, 11) is 1.35. The van der Waals surface area contributed by atoms with Gasteiger partial charge < -0.3 is 15.4 Å². The fourth-order valence-electron chi connectivity index (χ4n) is 3.27. The van der Waals surface area contributed by atoms with Crippen LogP contribution in [0.15, 0.2) is 24.3 Å². The summed E-state index contributed by atoms with van der Waals surface area (Å²) in [6, 6.07) is 6.87. The van der Waals surface area contributed by atoms with Crippen LogP contribution in [0.2, 0.25) is 0 Å². The highest BCUT2D eigenvalue weighted by molar-refractivity contribution is 5.97. The number of halogens is 1. The fourth-order valence-corrected chi connectivity index (χ4v) is 3.27. The van der Waals surface area contributed by atoms with Crippen LogP contribution in [0.4, 0.5) is 5.69 Å². The van der Waals surface area contributed by atoms with Gasteiger partial charge in [-0.05, 0) is 56.0 Å². The van der Waals surface area contributed by atoms with Gasteiger partial charge in [-0.15, -0.1) is 12.4 Å². The summed E-state index contributed by atoms with van der Waals surface area (Å²) in [6.07, 6.45) is 3.14. The minimum atomic E-state index is -0.396. The Labute approximate surface area is 136 Å². The van der Waals surface area contributed by atoms with E-state index in [9.17, 15) is 9.59 Å². The lowest BCUT2D eigenvalue weighted by atomic mass is 9.92. The molecular weight excluding hydrogens is 304 g/mol. The number of piperidine rings is 1. The maximum absolute atomic E-state index is 12.4. The summed E-state index contributed by atoms with van der Waals surface area (Å²) in [5.41, 5.74) is 1.32. The van der Waals surface area contributed by atoms with Gasteiger partial charge in [-0.2, -0.15) is 0 Å². The molecule has 1 aliphatic carbocycles. The van der Waals surface area contributed by atoms with Crippen molar-refractivity contribution in [2.24, 2.45) is 11.3 Å². The van der Waals surface area contributed by atoms with Gasteiger partial charge in [0.05, 0.1) is 12.7 Å². The van der Waals surface area contributed by atoms with Crippen molar-refractivity contribution in [2.45, 2.75) is 19.3 Å². The Kier molecular flexibility index (Phi) is 5.08. The largest absolute Gasteiger partial charge is 0.465 e. The molecule has 2 aliphatic rings. The third-order valence-electron chi connectivity index (χ3n) is 4.66. The number of carbonyl (C=O) groups is 2. The summed E-state index contributed by atoms with van der Waals surface area (Å²) in [5.74, 6) is -0.215. The number of esters is 1. The first-order chi connectivity index (χ1) is 10.1. The van der Waals surface area contributed by atoms with Crippen LogP contribution in [-0.2, 0) is 9.53 Å². The fraction of sp³-hybridized carbons (Fsp3) is 0.500. The number of carbonyl (C=O) groups excluding carboxylic acids is 2. The van der Waals surface area contributed by atoms with Gasteiger partial charge in [0.15, 0.2) is 0 Å². The lowest BCUT2D eigenvalue weighted by Crippen LogP contribution is -2.31. The zero-order valence-corrected chi connectivity index (χ0v) is 13.4. The van der Waals surface area contributed by atoms with Crippen LogP contribution < -0.4 is 10.6 Å². The van der Waals surface area contributed by atoms with E-state index in [4.69, 9.17) is 0 Å². The molecule has 1 unspecified atom stereocenters. The van der Waals surface area contributed by atoms with Crippen LogP contribution in [0, 0.1) is 11.3 Å². The molecule has 3 rings (SSSR count). The molecule has 1 spiro atoms. The molecule has 0 aromatic heterocycles. The third-order valence-corrected chi connectivity index (χ3v) is 4.66. The molecule has 0 bridgehead atoms. The molecule has 1 aromatic carbocycles. The van der Waals surface area contributed by atoms with Gasteiger partial charge in [-0.3, -0.25) is 4.79 Å². The van der Waals surface area contributed by atoms with Crippen LogP contribution in [0.3, 0.4) is 0 Å². The number of amides is 1. The van der Waals surface area contributed by atoms with Gasteiger partial charge in [0.25, 0.3) is 0 Å². The quantitative estimate of drug-likeness (QED) is 0.837. The molecule has 5 nitrogen and oxygen atoms in total. The Morgan fingerprint density at radius 2 is 2.05 bits per heavy atom. The summed E-state index contributed by atoms with van der Waals surface area (Å²) in [4.78, 5) is 23.8. The molecule has 1 atom stereocenters. The standard InChI is InChI=1S/C16H20N2O3.ClH/c1-21-15(20)11-3-2-4-12(9-11)18-14(19)13-10-16(13)5-7-17-8-6-16;/h2-4,9,13,17H,5-8,10H2,1H3,(H,18,19);1H. The molecule has 1 saturated heterocycles. The second-order valence-electron chi connectivity index (χ2n) is 5.93. The number of nitrogens with one attached hydrogen (secondary N) is 2. The second kappa shape index (κ2) is 6.67. The Hall–Kier alpha value is -1.59. The van der Waals surface area contributed by atoms with E-state index < -0.39 is 5.97 Å². The first-order valence-corrected chi connectivity index (χ1v) is 7.35. The average Bonchev–Trinajstić information content (AvgIpc) is 3.21. The lowest BCUT2D eigenvalue weighted by Gasteiger charge is -2.23. The predicted octanol–water partition coefficient (Wildman–Crippen LogP) is 2.22. The van der Waals surface area contributed by atoms with Crippen LogP contribution in [-0.4, -0.2) is 32.1 Å². The molecule has 1 saturated carbocycles. The molecule has 1 aliphatic heterocycles. The number of ether oxygens (including phenoxy) is 1. The highest BCUT2D eigenvalue weighted by atomic mass is 35.5. The predicted molar refractivity (Wildman–Crippen MR) is 86.3 cm³/mol. The van der Waals surface area contributed by atoms with Crippen molar-refractivity contribution in [3.8, 4) is 0 Å². The molecule has 6 heteroatoms. The Morgan fingerprint density at radius 3 is 2.73 bits per heavy atom. The summed E-state index contributed by atoms with van der Waals surface area (Å²) < 4.78 is 4.69. The number of anilines is 1. The zero-order valence-electron chi connectivity index (χ0n) is 12.6. The van der Waals surface area contributed by atoms with Gasteiger partial charge >= 0.3 is 5.97 Å². The maximum Gasteiger partial charge on any atom is 0.337 e. The second-order valence-corrected chi connectivity index (χ2v) is 5.93. The Balaban J connectivity index is 0.00000176. The molecular formula is C16H21ClN2O3. The van der Waals surface area contributed by atoms with Crippen LogP contribution in [0.5, 0.6) is 0 Å². The van der Waals surface area contributed by atoms with Crippen molar-refractivity contribution in [2.75, 3.05) is 25.5 Å². The smallest absolute Gasteiger partial charge is 0.337 e. The summed E-state index contributed by atoms with van der Waals surface area (Å²) >= 11 is 0.